The SMILES string of the molecule is CCCCCCCCCC/C(=N/O)[C@@H]1CC[C@H]([C@@H]2CC[C@H]([C@@H](O)CCCCCCCCCC/C(CC3=C[C@@H](C)OC3=O)=N\O)O2)O1. The van der Waals surface area contributed by atoms with Gasteiger partial charge in [0, 0.05) is 12.0 Å². The summed E-state index contributed by atoms with van der Waals surface area (Å²) in [6.07, 6.45) is 26.1. The first kappa shape index (κ1) is 38.5. The van der Waals surface area contributed by atoms with Crippen molar-refractivity contribution in [2.45, 2.75) is 205 Å². The summed E-state index contributed by atoms with van der Waals surface area (Å²) in [6.45, 7) is 4.07. The highest BCUT2D eigenvalue weighted by Crippen LogP contribution is 2.34. The van der Waals surface area contributed by atoms with Crippen molar-refractivity contribution < 1.29 is 34.5 Å². The molecule has 3 aliphatic heterocycles. The van der Waals surface area contributed by atoms with Crippen LogP contribution in [0.2, 0.25) is 0 Å². The number of esters is 1. The Morgan fingerprint density at radius 3 is 1.98 bits per heavy atom. The van der Waals surface area contributed by atoms with E-state index in [4.69, 9.17) is 14.2 Å². The van der Waals surface area contributed by atoms with Crippen LogP contribution in [0.5, 0.6) is 0 Å². The van der Waals surface area contributed by atoms with E-state index in [9.17, 15) is 20.3 Å². The van der Waals surface area contributed by atoms with E-state index in [0.717, 1.165) is 82.8 Å². The topological polar surface area (TPSA) is 130 Å². The molecular weight excluding hydrogens is 584 g/mol. The van der Waals surface area contributed by atoms with E-state index in [2.05, 4.69) is 17.2 Å². The molecule has 9 nitrogen and oxygen atoms in total. The monoisotopic (exact) mass is 648 g/mol. The van der Waals surface area contributed by atoms with E-state index in [1.54, 1.807) is 6.08 Å². The molecule has 3 heterocycles. The van der Waals surface area contributed by atoms with Crippen molar-refractivity contribution in [3.63, 3.8) is 0 Å². The Labute approximate surface area is 278 Å². The van der Waals surface area contributed by atoms with Gasteiger partial charge in [-0.05, 0) is 70.8 Å². The zero-order chi connectivity index (χ0) is 33.0. The zero-order valence-electron chi connectivity index (χ0n) is 28.9. The molecule has 0 bridgehead atoms. The first-order valence-electron chi connectivity index (χ1n) is 18.8. The van der Waals surface area contributed by atoms with Crippen LogP contribution in [0.15, 0.2) is 22.0 Å². The van der Waals surface area contributed by atoms with E-state index in [-0.39, 0.29) is 36.5 Å². The average molecular weight is 649 g/mol. The molecule has 9 heteroatoms. The molecule has 2 saturated heterocycles. The molecule has 0 saturated carbocycles. The molecule has 6 atom stereocenters. The summed E-state index contributed by atoms with van der Waals surface area (Å²) in [7, 11) is 0. The van der Waals surface area contributed by atoms with Crippen LogP contribution in [0.4, 0.5) is 0 Å². The van der Waals surface area contributed by atoms with Crippen molar-refractivity contribution >= 4 is 17.4 Å². The molecule has 3 rings (SSSR count). The average Bonchev–Trinajstić information content (AvgIpc) is 3.81. The maximum Gasteiger partial charge on any atom is 0.334 e. The predicted octanol–water partition coefficient (Wildman–Crippen LogP) is 8.80. The molecule has 0 radical (unpaired) electrons. The Morgan fingerprint density at radius 2 is 1.37 bits per heavy atom. The summed E-state index contributed by atoms with van der Waals surface area (Å²) in [6, 6.07) is 0. The number of nitrogens with zero attached hydrogens (tertiary/aromatic N) is 2. The number of carbonyl (C=O) groups is 1. The lowest BCUT2D eigenvalue weighted by molar-refractivity contribution is -0.139. The van der Waals surface area contributed by atoms with E-state index >= 15 is 0 Å². The molecule has 0 spiro atoms. The molecule has 0 aromatic heterocycles. The molecule has 2 fully saturated rings. The van der Waals surface area contributed by atoms with Crippen molar-refractivity contribution in [1.29, 1.82) is 0 Å². The standard InChI is InChI=1S/C37H64N2O7/c1-3-4-5-6-7-11-14-17-20-31(39-43)33-22-24-35(45-33)36-25-23-34(46-36)32(40)21-18-15-12-9-8-10-13-16-19-30(38-42)27-29-26-28(2)44-37(29)41/h26,28,32-36,40,42-43H,3-25,27H2,1-2H3/b38-30+,39-31-/t28-,32+,33+,34-,35-,36+/m1/s1. The fourth-order valence-corrected chi connectivity index (χ4v) is 7.23. The molecule has 0 aromatic rings. The van der Waals surface area contributed by atoms with E-state index in [1.165, 1.54) is 64.2 Å². The van der Waals surface area contributed by atoms with Crippen LogP contribution in [0, 0.1) is 0 Å². The third-order valence-corrected chi connectivity index (χ3v) is 10.0. The van der Waals surface area contributed by atoms with Crippen molar-refractivity contribution in [2.75, 3.05) is 0 Å². The minimum atomic E-state index is -0.425. The normalized spacial score (nSPS) is 26.1. The van der Waals surface area contributed by atoms with Gasteiger partial charge in [0.05, 0.1) is 41.9 Å². The van der Waals surface area contributed by atoms with Crippen LogP contribution in [0.3, 0.4) is 0 Å². The summed E-state index contributed by atoms with van der Waals surface area (Å²) in [5, 5.41) is 36.7. The van der Waals surface area contributed by atoms with Crippen molar-refractivity contribution in [1.82, 2.24) is 0 Å². The Bertz CT molecular complexity index is 952. The number of rotatable bonds is 25. The molecule has 0 unspecified atom stereocenters. The number of aliphatic hydroxyl groups excluding tert-OH is 1. The van der Waals surface area contributed by atoms with Crippen LogP contribution in [0.1, 0.15) is 168 Å². The number of ether oxygens (including phenoxy) is 3. The van der Waals surface area contributed by atoms with Gasteiger partial charge in [-0.25, -0.2) is 4.79 Å². The maximum atomic E-state index is 11.8. The lowest BCUT2D eigenvalue weighted by Gasteiger charge is -2.23. The van der Waals surface area contributed by atoms with Gasteiger partial charge in [0.25, 0.3) is 0 Å². The molecule has 264 valence electrons. The Morgan fingerprint density at radius 1 is 0.783 bits per heavy atom. The second kappa shape index (κ2) is 22.6. The van der Waals surface area contributed by atoms with Gasteiger partial charge in [-0.2, -0.15) is 0 Å². The van der Waals surface area contributed by atoms with Crippen molar-refractivity contribution in [2.24, 2.45) is 10.3 Å². The Balaban J connectivity index is 1.17. The maximum absolute atomic E-state index is 11.8. The molecule has 0 aromatic carbocycles. The molecule has 3 aliphatic rings. The third-order valence-electron chi connectivity index (χ3n) is 10.0. The van der Waals surface area contributed by atoms with Gasteiger partial charge in [-0.3, -0.25) is 0 Å². The van der Waals surface area contributed by atoms with E-state index < -0.39 is 6.10 Å². The number of unbranched alkanes of at least 4 members (excludes halogenated alkanes) is 14. The second-order valence-corrected chi connectivity index (χ2v) is 13.9. The van der Waals surface area contributed by atoms with Gasteiger partial charge in [0.15, 0.2) is 0 Å². The summed E-state index contributed by atoms with van der Waals surface area (Å²) in [4.78, 5) is 11.8. The predicted molar refractivity (Wildman–Crippen MR) is 182 cm³/mol. The fourth-order valence-electron chi connectivity index (χ4n) is 7.23. The van der Waals surface area contributed by atoms with Crippen LogP contribution in [0.25, 0.3) is 0 Å². The molecular formula is C37H64N2O7. The van der Waals surface area contributed by atoms with Gasteiger partial charge in [-0.15, -0.1) is 0 Å². The summed E-state index contributed by atoms with van der Waals surface area (Å²) >= 11 is 0. The lowest BCUT2D eigenvalue weighted by Crippen LogP contribution is -2.32. The number of oxime groups is 2. The minimum Gasteiger partial charge on any atom is -0.455 e. The Kier molecular flexibility index (Phi) is 18.9. The smallest absolute Gasteiger partial charge is 0.334 e. The number of hydrogen-bond acceptors (Lipinski definition) is 9. The summed E-state index contributed by atoms with van der Waals surface area (Å²) in [5.74, 6) is -0.304. The van der Waals surface area contributed by atoms with Crippen LogP contribution in [-0.2, 0) is 19.0 Å². The number of cyclic esters (lactones) is 1. The third kappa shape index (κ3) is 14.0. The fraction of sp³-hybridized carbons (Fsp3) is 0.865. The van der Waals surface area contributed by atoms with Gasteiger partial charge >= 0.3 is 5.97 Å². The van der Waals surface area contributed by atoms with Crippen molar-refractivity contribution in [3.05, 3.63) is 11.6 Å². The highest BCUT2D eigenvalue weighted by molar-refractivity contribution is 5.99. The highest BCUT2D eigenvalue weighted by Gasteiger charge is 2.40. The van der Waals surface area contributed by atoms with Crippen LogP contribution >= 0.6 is 0 Å². The van der Waals surface area contributed by atoms with E-state index in [1.807, 2.05) is 6.92 Å². The molecule has 0 amide bonds. The first-order chi connectivity index (χ1) is 22.4. The van der Waals surface area contributed by atoms with Gasteiger partial charge < -0.3 is 29.7 Å². The number of hydrogen-bond donors (Lipinski definition) is 3. The second-order valence-electron chi connectivity index (χ2n) is 13.9. The van der Waals surface area contributed by atoms with Crippen LogP contribution in [-0.4, -0.2) is 69.5 Å². The molecule has 46 heavy (non-hydrogen) atoms. The van der Waals surface area contributed by atoms with E-state index in [0.29, 0.717) is 24.1 Å². The molecule has 3 N–H and O–H groups in total. The van der Waals surface area contributed by atoms with Gasteiger partial charge in [-0.1, -0.05) is 107 Å². The molecule has 0 aliphatic carbocycles. The number of aliphatic hydroxyl groups is 1. The minimum absolute atomic E-state index is 0.0207. The highest BCUT2D eigenvalue weighted by atomic mass is 16.6. The lowest BCUT2D eigenvalue weighted by atomic mass is 10.00. The first-order valence-corrected chi connectivity index (χ1v) is 18.8. The Hall–Kier alpha value is -1.97. The summed E-state index contributed by atoms with van der Waals surface area (Å²) in [5.41, 5.74) is 2.02. The van der Waals surface area contributed by atoms with Gasteiger partial charge in [0.2, 0.25) is 0 Å². The van der Waals surface area contributed by atoms with Crippen LogP contribution < -0.4 is 0 Å². The quantitative estimate of drug-likeness (QED) is 0.0296. The zero-order valence-corrected chi connectivity index (χ0v) is 28.9. The number of carbonyl (C=O) groups excluding carboxylic acids is 1. The van der Waals surface area contributed by atoms with Crippen molar-refractivity contribution in [3.8, 4) is 0 Å². The largest absolute Gasteiger partial charge is 0.455 e. The summed E-state index contributed by atoms with van der Waals surface area (Å²) < 4.78 is 17.7. The van der Waals surface area contributed by atoms with Gasteiger partial charge in [0.1, 0.15) is 6.10 Å².